The molecule has 0 radical (unpaired) electrons. The molecule has 12 nitrogen and oxygen atoms in total. The van der Waals surface area contributed by atoms with Crippen molar-refractivity contribution in [3.8, 4) is 5.75 Å². The van der Waals surface area contributed by atoms with E-state index in [0.717, 1.165) is 6.07 Å². The van der Waals surface area contributed by atoms with E-state index in [2.05, 4.69) is 20.5 Å². The number of phenols is 1. The molecule has 0 bridgehead atoms. The van der Waals surface area contributed by atoms with Gasteiger partial charge >= 0.3 is 0 Å². The molecule has 0 heterocycles. The Bertz CT molecular complexity index is 1730. The van der Waals surface area contributed by atoms with Gasteiger partial charge in [0.25, 0.3) is 20.2 Å². The van der Waals surface area contributed by atoms with Crippen molar-refractivity contribution < 1.29 is 31.0 Å². The number of phenolic OH excluding ortho intramolecular Hbond substituents is 1. The Morgan fingerprint density at radius 2 is 1.14 bits per heavy atom. The molecule has 4 rings (SSSR count). The van der Waals surface area contributed by atoms with E-state index >= 15 is 0 Å². The Morgan fingerprint density at radius 3 is 1.64 bits per heavy atom. The van der Waals surface area contributed by atoms with Gasteiger partial charge in [0.2, 0.25) is 0 Å². The van der Waals surface area contributed by atoms with Gasteiger partial charge in [-0.15, -0.1) is 5.11 Å². The van der Waals surface area contributed by atoms with Crippen molar-refractivity contribution in [2.75, 3.05) is 5.73 Å². The number of fused-ring (bicyclic) bond motifs is 1. The summed E-state index contributed by atoms with van der Waals surface area (Å²) < 4.78 is 64.6. The predicted molar refractivity (Wildman–Crippen MR) is 131 cm³/mol. The maximum absolute atomic E-state index is 11.9. The van der Waals surface area contributed by atoms with Crippen LogP contribution in [0.4, 0.5) is 28.4 Å². The fourth-order valence-corrected chi connectivity index (χ4v) is 4.30. The topological polar surface area (TPSA) is 204 Å². The second-order valence-electron chi connectivity index (χ2n) is 7.41. The fraction of sp³-hybridized carbons (Fsp3) is 0. The van der Waals surface area contributed by atoms with Gasteiger partial charge in [0.1, 0.15) is 10.6 Å². The SMILES string of the molecule is Nc1ccc2c(O)c(/N=N/c3ccc(/N=N/c4ccc(S(=O)(=O)O)cc4)cc3)c(S(=O)(=O)O)cc2c1. The molecule has 4 aromatic rings. The van der Waals surface area contributed by atoms with E-state index in [0.29, 0.717) is 22.4 Å². The molecule has 0 fully saturated rings. The van der Waals surface area contributed by atoms with E-state index in [1.807, 2.05) is 0 Å². The zero-order valence-corrected chi connectivity index (χ0v) is 19.7. The highest BCUT2D eigenvalue weighted by atomic mass is 32.2. The van der Waals surface area contributed by atoms with E-state index in [1.165, 1.54) is 66.7 Å². The van der Waals surface area contributed by atoms with E-state index in [1.54, 1.807) is 0 Å². The number of nitrogens with two attached hydrogens (primary N) is 1. The first kappa shape index (κ1) is 24.9. The van der Waals surface area contributed by atoms with Crippen LogP contribution in [-0.2, 0) is 20.2 Å². The molecule has 36 heavy (non-hydrogen) atoms. The number of azo groups is 2. The highest BCUT2D eigenvalue weighted by Gasteiger charge is 2.22. The molecule has 184 valence electrons. The minimum absolute atomic E-state index is 0.269. The van der Waals surface area contributed by atoms with Crippen LogP contribution < -0.4 is 5.73 Å². The smallest absolute Gasteiger partial charge is 0.296 e. The summed E-state index contributed by atoms with van der Waals surface area (Å²) in [5, 5.41) is 26.9. The maximum atomic E-state index is 11.9. The first-order chi connectivity index (χ1) is 16.9. The van der Waals surface area contributed by atoms with Crippen LogP contribution in [0.3, 0.4) is 0 Å². The monoisotopic (exact) mass is 527 g/mol. The molecule has 0 atom stereocenters. The van der Waals surface area contributed by atoms with Crippen LogP contribution in [-0.4, -0.2) is 31.0 Å². The summed E-state index contributed by atoms with van der Waals surface area (Å²) in [7, 11) is -9.05. The van der Waals surface area contributed by atoms with Crippen molar-refractivity contribution in [2.24, 2.45) is 20.5 Å². The second kappa shape index (κ2) is 9.43. The van der Waals surface area contributed by atoms with Crippen LogP contribution in [0.1, 0.15) is 0 Å². The van der Waals surface area contributed by atoms with E-state index in [4.69, 9.17) is 10.3 Å². The van der Waals surface area contributed by atoms with Crippen molar-refractivity contribution >= 4 is 59.4 Å². The van der Waals surface area contributed by atoms with Crippen LogP contribution in [0, 0.1) is 0 Å². The lowest BCUT2D eigenvalue weighted by Crippen LogP contribution is -1.99. The number of nitrogen functional groups attached to an aromatic ring is 1. The lowest BCUT2D eigenvalue weighted by molar-refractivity contribution is 0.472. The standard InChI is InChI=1S/C22H17N5O7S2/c23-14-1-10-19-13(11-14)12-20(36(32,33)34)21(22(19)28)27-26-16-4-2-15(3-5-16)24-25-17-6-8-18(9-7-17)35(29,30)31/h1-12,28H,23H2,(H,29,30,31)(H,32,33,34)/b25-24+,27-26+. The van der Waals surface area contributed by atoms with E-state index in [9.17, 15) is 26.5 Å². The molecule has 0 aliphatic heterocycles. The number of hydrogen-bond acceptors (Lipinski definition) is 10. The molecule has 0 saturated carbocycles. The summed E-state index contributed by atoms with van der Waals surface area (Å²) in [5.74, 6) is -0.491. The van der Waals surface area contributed by atoms with Crippen molar-refractivity contribution in [3.05, 3.63) is 72.8 Å². The Hall–Kier alpha value is -4.24. The molecule has 0 saturated heterocycles. The van der Waals surface area contributed by atoms with E-state index in [-0.39, 0.29) is 16.0 Å². The van der Waals surface area contributed by atoms with E-state index < -0.39 is 36.6 Å². The normalized spacial score (nSPS) is 12.6. The molecule has 5 N–H and O–H groups in total. The van der Waals surface area contributed by atoms with Gasteiger partial charge in [0.05, 0.1) is 22.0 Å². The highest BCUT2D eigenvalue weighted by Crippen LogP contribution is 2.41. The first-order valence-electron chi connectivity index (χ1n) is 9.95. The average Bonchev–Trinajstić information content (AvgIpc) is 2.81. The zero-order chi connectivity index (χ0) is 26.1. The van der Waals surface area contributed by atoms with Gasteiger partial charge in [0, 0.05) is 11.1 Å². The van der Waals surface area contributed by atoms with Crippen LogP contribution in [0.5, 0.6) is 5.75 Å². The van der Waals surface area contributed by atoms with Crippen molar-refractivity contribution in [3.63, 3.8) is 0 Å². The van der Waals surface area contributed by atoms with Gasteiger partial charge < -0.3 is 10.8 Å². The molecule has 4 aromatic carbocycles. The quantitative estimate of drug-likeness (QED) is 0.144. The Morgan fingerprint density at radius 1 is 0.639 bits per heavy atom. The molecular formula is C22H17N5O7S2. The van der Waals surface area contributed by atoms with Gasteiger partial charge in [0.15, 0.2) is 5.75 Å². The van der Waals surface area contributed by atoms with Crippen molar-refractivity contribution in [1.82, 2.24) is 0 Å². The zero-order valence-electron chi connectivity index (χ0n) is 18.1. The van der Waals surface area contributed by atoms with Crippen molar-refractivity contribution in [2.45, 2.75) is 9.79 Å². The summed E-state index contributed by atoms with van der Waals surface area (Å²) in [6.45, 7) is 0. The molecule has 0 aliphatic rings. The van der Waals surface area contributed by atoms with Crippen LogP contribution >= 0.6 is 0 Å². The Kier molecular flexibility index (Phi) is 6.51. The molecule has 0 spiro atoms. The molecular weight excluding hydrogens is 510 g/mol. The lowest BCUT2D eigenvalue weighted by atomic mass is 10.1. The number of nitrogens with zero attached hydrogens (tertiary/aromatic N) is 4. The van der Waals surface area contributed by atoms with Crippen molar-refractivity contribution in [1.29, 1.82) is 0 Å². The number of anilines is 1. The Balaban J connectivity index is 1.60. The summed E-state index contributed by atoms with van der Waals surface area (Å²) in [6, 6.07) is 16.8. The summed E-state index contributed by atoms with van der Waals surface area (Å²) in [4.78, 5) is -0.901. The molecule has 0 unspecified atom stereocenters. The van der Waals surface area contributed by atoms with Crippen LogP contribution in [0.15, 0.2) is 103 Å². The third-order valence-electron chi connectivity index (χ3n) is 4.88. The lowest BCUT2D eigenvalue weighted by Gasteiger charge is -2.09. The van der Waals surface area contributed by atoms with Gasteiger partial charge in [-0.1, -0.05) is 0 Å². The fourth-order valence-electron chi connectivity index (χ4n) is 3.16. The molecule has 14 heteroatoms. The van der Waals surface area contributed by atoms with Crippen LogP contribution in [0.25, 0.3) is 10.8 Å². The third-order valence-corrected chi connectivity index (χ3v) is 6.62. The molecule has 0 amide bonds. The van der Waals surface area contributed by atoms with Crippen LogP contribution in [0.2, 0.25) is 0 Å². The maximum Gasteiger partial charge on any atom is 0.296 e. The third kappa shape index (κ3) is 5.52. The first-order valence-corrected chi connectivity index (χ1v) is 12.8. The highest BCUT2D eigenvalue weighted by molar-refractivity contribution is 7.86. The van der Waals surface area contributed by atoms with Gasteiger partial charge in [-0.2, -0.15) is 32.2 Å². The molecule has 0 aliphatic carbocycles. The Labute approximate surface area is 205 Å². The number of benzene rings is 4. The van der Waals surface area contributed by atoms with Gasteiger partial charge in [-0.3, -0.25) is 9.11 Å². The number of rotatable bonds is 6. The number of aromatic hydroxyl groups is 1. The summed E-state index contributed by atoms with van der Waals surface area (Å²) in [5.41, 5.74) is 6.65. The minimum Gasteiger partial charge on any atom is -0.505 e. The predicted octanol–water partition coefficient (Wildman–Crippen LogP) is 5.45. The largest absolute Gasteiger partial charge is 0.505 e. The second-order valence-corrected chi connectivity index (χ2v) is 10.2. The van der Waals surface area contributed by atoms with Gasteiger partial charge in [-0.25, -0.2) is 0 Å². The average molecular weight is 528 g/mol. The minimum atomic E-state index is -4.75. The van der Waals surface area contributed by atoms with Gasteiger partial charge in [-0.05, 0) is 78.2 Å². The number of hydrogen-bond donors (Lipinski definition) is 4. The summed E-state index contributed by atoms with van der Waals surface area (Å²) in [6.07, 6.45) is 0. The summed E-state index contributed by atoms with van der Waals surface area (Å²) >= 11 is 0. The molecule has 0 aromatic heterocycles.